The zero-order chi connectivity index (χ0) is 10.2. The van der Waals surface area contributed by atoms with E-state index >= 15 is 0 Å². The lowest BCUT2D eigenvalue weighted by Crippen LogP contribution is -2.43. The molecule has 3 nitrogen and oxygen atoms in total. The minimum atomic E-state index is 0.307. The van der Waals surface area contributed by atoms with Gasteiger partial charge in [0.1, 0.15) is 0 Å². The molecule has 1 fully saturated rings. The van der Waals surface area contributed by atoms with Crippen LogP contribution in [0.25, 0.3) is 0 Å². The summed E-state index contributed by atoms with van der Waals surface area (Å²) in [5.41, 5.74) is 0. The fourth-order valence-corrected chi connectivity index (χ4v) is 2.06. The summed E-state index contributed by atoms with van der Waals surface area (Å²) in [4.78, 5) is 2.55. The molecular formula is C11H24N2O. The Kier molecular flexibility index (Phi) is 6.15. The lowest BCUT2D eigenvalue weighted by atomic mass is 10.0. The third-order valence-corrected chi connectivity index (χ3v) is 2.90. The van der Waals surface area contributed by atoms with Crippen molar-refractivity contribution in [2.24, 2.45) is 0 Å². The molecule has 0 atom stereocenters. The second-order valence-corrected chi connectivity index (χ2v) is 4.15. The van der Waals surface area contributed by atoms with Crippen LogP contribution in [0.3, 0.4) is 0 Å². The number of hydrogen-bond acceptors (Lipinski definition) is 3. The van der Waals surface area contributed by atoms with Crippen LogP contribution in [0.5, 0.6) is 0 Å². The Hall–Kier alpha value is -0.120. The van der Waals surface area contributed by atoms with E-state index in [9.17, 15) is 0 Å². The molecule has 3 heteroatoms. The van der Waals surface area contributed by atoms with Gasteiger partial charge in [-0.25, -0.2) is 0 Å². The van der Waals surface area contributed by atoms with Crippen LogP contribution in [-0.4, -0.2) is 48.8 Å². The summed E-state index contributed by atoms with van der Waals surface area (Å²) in [6, 6.07) is 0.689. The molecule has 1 heterocycles. The van der Waals surface area contributed by atoms with Crippen LogP contribution in [0, 0.1) is 0 Å². The van der Waals surface area contributed by atoms with Crippen molar-refractivity contribution in [3.63, 3.8) is 0 Å². The predicted molar refractivity (Wildman–Crippen MR) is 59.5 cm³/mol. The summed E-state index contributed by atoms with van der Waals surface area (Å²) in [6.45, 7) is 7.25. The average Bonchev–Trinajstić information content (AvgIpc) is 2.21. The van der Waals surface area contributed by atoms with Crippen molar-refractivity contribution in [2.75, 3.05) is 32.8 Å². The highest BCUT2D eigenvalue weighted by Gasteiger charge is 2.17. The van der Waals surface area contributed by atoms with E-state index in [1.54, 1.807) is 0 Å². The van der Waals surface area contributed by atoms with Gasteiger partial charge in [0.15, 0.2) is 0 Å². The molecule has 0 aromatic rings. The van der Waals surface area contributed by atoms with Gasteiger partial charge >= 0.3 is 0 Å². The monoisotopic (exact) mass is 200 g/mol. The quantitative estimate of drug-likeness (QED) is 0.624. The van der Waals surface area contributed by atoms with E-state index in [-0.39, 0.29) is 0 Å². The van der Waals surface area contributed by atoms with Gasteiger partial charge in [0.25, 0.3) is 0 Å². The van der Waals surface area contributed by atoms with Crippen molar-refractivity contribution < 1.29 is 5.11 Å². The number of likely N-dealkylation sites (tertiary alicyclic amines) is 1. The van der Waals surface area contributed by atoms with Crippen molar-refractivity contribution in [1.82, 2.24) is 10.2 Å². The Morgan fingerprint density at radius 1 is 1.36 bits per heavy atom. The fraction of sp³-hybridized carbons (Fsp3) is 1.00. The maximum Gasteiger partial charge on any atom is 0.0443 e. The van der Waals surface area contributed by atoms with Crippen molar-refractivity contribution >= 4 is 0 Å². The number of rotatable bonds is 6. The van der Waals surface area contributed by atoms with Crippen LogP contribution < -0.4 is 5.32 Å². The normalized spacial score (nSPS) is 20.1. The summed E-state index contributed by atoms with van der Waals surface area (Å²) < 4.78 is 0. The molecule has 0 aromatic carbocycles. The molecule has 2 N–H and O–H groups in total. The first kappa shape index (κ1) is 12.0. The van der Waals surface area contributed by atoms with Crippen LogP contribution in [0.2, 0.25) is 0 Å². The van der Waals surface area contributed by atoms with Crippen LogP contribution in [-0.2, 0) is 0 Å². The Labute approximate surface area is 87.5 Å². The Morgan fingerprint density at radius 3 is 2.64 bits per heavy atom. The SMILES string of the molecule is CCCN1CCC(NCCCO)CC1. The lowest BCUT2D eigenvalue weighted by molar-refractivity contribution is 0.195. The highest BCUT2D eigenvalue weighted by molar-refractivity contribution is 4.76. The number of nitrogens with zero attached hydrogens (tertiary/aromatic N) is 1. The average molecular weight is 200 g/mol. The van der Waals surface area contributed by atoms with Gasteiger partial charge in [-0.15, -0.1) is 0 Å². The molecule has 84 valence electrons. The highest BCUT2D eigenvalue weighted by Crippen LogP contribution is 2.10. The largest absolute Gasteiger partial charge is 0.396 e. The van der Waals surface area contributed by atoms with E-state index in [0.717, 1.165) is 13.0 Å². The van der Waals surface area contributed by atoms with E-state index in [2.05, 4.69) is 17.1 Å². The molecule has 14 heavy (non-hydrogen) atoms. The first-order chi connectivity index (χ1) is 6.86. The molecule has 1 saturated heterocycles. The summed E-state index contributed by atoms with van der Waals surface area (Å²) in [6.07, 6.45) is 4.69. The summed E-state index contributed by atoms with van der Waals surface area (Å²) in [5, 5.41) is 12.2. The van der Waals surface area contributed by atoms with Crippen LogP contribution in [0.4, 0.5) is 0 Å². The number of hydrogen-bond donors (Lipinski definition) is 2. The van der Waals surface area contributed by atoms with E-state index in [0.29, 0.717) is 12.6 Å². The van der Waals surface area contributed by atoms with Gasteiger partial charge in [-0.05, 0) is 51.9 Å². The smallest absolute Gasteiger partial charge is 0.0443 e. The third-order valence-electron chi connectivity index (χ3n) is 2.90. The molecule has 0 aliphatic carbocycles. The maximum atomic E-state index is 8.66. The van der Waals surface area contributed by atoms with Crippen molar-refractivity contribution in [3.05, 3.63) is 0 Å². The predicted octanol–water partition coefficient (Wildman–Crippen LogP) is 0.833. The van der Waals surface area contributed by atoms with E-state index in [1.165, 1.54) is 38.9 Å². The Bertz CT molecular complexity index is 133. The zero-order valence-corrected chi connectivity index (χ0v) is 9.34. The van der Waals surface area contributed by atoms with Gasteiger partial charge in [-0.1, -0.05) is 6.92 Å². The first-order valence-electron chi connectivity index (χ1n) is 5.93. The number of piperidine rings is 1. The summed E-state index contributed by atoms with van der Waals surface area (Å²) in [7, 11) is 0. The molecular weight excluding hydrogens is 176 g/mol. The molecule has 1 aliphatic rings. The lowest BCUT2D eigenvalue weighted by Gasteiger charge is -2.32. The molecule has 0 spiro atoms. The third kappa shape index (κ3) is 4.40. The first-order valence-corrected chi connectivity index (χ1v) is 5.93. The second kappa shape index (κ2) is 7.21. The standard InChI is InChI=1S/C11H24N2O/c1-2-7-13-8-4-11(5-9-13)12-6-3-10-14/h11-12,14H,2-10H2,1H3. The van der Waals surface area contributed by atoms with Gasteiger partial charge in [0.05, 0.1) is 0 Å². The Morgan fingerprint density at radius 2 is 2.07 bits per heavy atom. The molecule has 1 aliphatic heterocycles. The molecule has 0 saturated carbocycles. The van der Waals surface area contributed by atoms with Crippen LogP contribution in [0.15, 0.2) is 0 Å². The summed E-state index contributed by atoms with van der Waals surface area (Å²) >= 11 is 0. The van der Waals surface area contributed by atoms with Gasteiger partial charge < -0.3 is 15.3 Å². The second-order valence-electron chi connectivity index (χ2n) is 4.15. The molecule has 0 aromatic heterocycles. The molecule has 0 bridgehead atoms. The van der Waals surface area contributed by atoms with Crippen molar-refractivity contribution in [3.8, 4) is 0 Å². The van der Waals surface area contributed by atoms with Crippen molar-refractivity contribution in [2.45, 2.75) is 38.6 Å². The topological polar surface area (TPSA) is 35.5 Å². The van der Waals surface area contributed by atoms with Crippen LogP contribution in [0.1, 0.15) is 32.6 Å². The number of aliphatic hydroxyl groups is 1. The van der Waals surface area contributed by atoms with Gasteiger partial charge in [-0.3, -0.25) is 0 Å². The van der Waals surface area contributed by atoms with Gasteiger partial charge in [-0.2, -0.15) is 0 Å². The van der Waals surface area contributed by atoms with Crippen LogP contribution >= 0.6 is 0 Å². The van der Waals surface area contributed by atoms with E-state index < -0.39 is 0 Å². The van der Waals surface area contributed by atoms with Crippen molar-refractivity contribution in [1.29, 1.82) is 0 Å². The van der Waals surface area contributed by atoms with Gasteiger partial charge in [0, 0.05) is 12.6 Å². The molecule has 0 amide bonds. The van der Waals surface area contributed by atoms with Gasteiger partial charge in [0.2, 0.25) is 0 Å². The Balaban J connectivity index is 2.03. The highest BCUT2D eigenvalue weighted by atomic mass is 16.3. The minimum Gasteiger partial charge on any atom is -0.396 e. The number of aliphatic hydroxyl groups excluding tert-OH is 1. The van der Waals surface area contributed by atoms with E-state index in [4.69, 9.17) is 5.11 Å². The zero-order valence-electron chi connectivity index (χ0n) is 9.34. The van der Waals surface area contributed by atoms with E-state index in [1.807, 2.05) is 0 Å². The molecule has 0 unspecified atom stereocenters. The minimum absolute atomic E-state index is 0.307. The maximum absolute atomic E-state index is 8.66. The fourth-order valence-electron chi connectivity index (χ4n) is 2.06. The molecule has 0 radical (unpaired) electrons. The summed E-state index contributed by atoms with van der Waals surface area (Å²) in [5.74, 6) is 0. The number of nitrogens with one attached hydrogen (secondary N) is 1. The molecule has 1 rings (SSSR count).